The van der Waals surface area contributed by atoms with Crippen molar-refractivity contribution in [2.24, 2.45) is 5.73 Å². The number of aromatic amines is 1. The van der Waals surface area contributed by atoms with Crippen LogP contribution in [0.25, 0.3) is 21.9 Å². The number of aromatic nitrogens is 3. The second-order valence-corrected chi connectivity index (χ2v) is 7.15. The summed E-state index contributed by atoms with van der Waals surface area (Å²) in [5, 5.41) is 8.52. The number of benzene rings is 2. The standard InChI is InChI=1S/C22H19ClN4O2/c1-13-2-3-14(6-20(13)23)12-29-17-7-16(10-25-11-17)15-4-5-18-19(8-15)21(9-24)26-27-22(18)28/h2-8,10-11H,9,12,24H2,1H3,(H,27,28). The van der Waals surface area contributed by atoms with E-state index in [1.54, 1.807) is 18.5 Å². The summed E-state index contributed by atoms with van der Waals surface area (Å²) in [7, 11) is 0. The highest BCUT2D eigenvalue weighted by molar-refractivity contribution is 6.31. The third-order valence-corrected chi connectivity index (χ3v) is 5.16. The minimum Gasteiger partial charge on any atom is -0.487 e. The molecule has 4 rings (SSSR count). The van der Waals surface area contributed by atoms with Crippen LogP contribution >= 0.6 is 11.6 Å². The van der Waals surface area contributed by atoms with Crippen molar-refractivity contribution in [2.75, 3.05) is 0 Å². The molecule has 3 N–H and O–H groups in total. The fraction of sp³-hybridized carbons (Fsp3) is 0.136. The molecule has 0 saturated heterocycles. The number of halogens is 1. The number of nitrogens with two attached hydrogens (primary N) is 1. The Balaban J connectivity index is 1.63. The molecule has 0 bridgehead atoms. The molecule has 0 aliphatic rings. The molecule has 0 atom stereocenters. The molecule has 0 saturated carbocycles. The van der Waals surface area contributed by atoms with Gasteiger partial charge in [-0.05, 0) is 47.9 Å². The summed E-state index contributed by atoms with van der Waals surface area (Å²) in [5.74, 6) is 0.641. The van der Waals surface area contributed by atoms with Gasteiger partial charge in [0.15, 0.2) is 0 Å². The molecule has 0 unspecified atom stereocenters. The molecule has 2 heterocycles. The molecule has 4 aromatic rings. The summed E-state index contributed by atoms with van der Waals surface area (Å²) in [4.78, 5) is 16.3. The van der Waals surface area contributed by atoms with E-state index >= 15 is 0 Å². The van der Waals surface area contributed by atoms with Gasteiger partial charge in [0.25, 0.3) is 5.56 Å². The van der Waals surface area contributed by atoms with Crippen LogP contribution in [0.3, 0.4) is 0 Å². The normalized spacial score (nSPS) is 11.0. The van der Waals surface area contributed by atoms with Crippen molar-refractivity contribution in [3.63, 3.8) is 0 Å². The van der Waals surface area contributed by atoms with Crippen LogP contribution in [-0.2, 0) is 13.2 Å². The lowest BCUT2D eigenvalue weighted by molar-refractivity contribution is 0.305. The van der Waals surface area contributed by atoms with Gasteiger partial charge in [-0.1, -0.05) is 29.8 Å². The van der Waals surface area contributed by atoms with Crippen LogP contribution in [0.4, 0.5) is 0 Å². The van der Waals surface area contributed by atoms with Crippen LogP contribution in [0, 0.1) is 6.92 Å². The fourth-order valence-corrected chi connectivity index (χ4v) is 3.31. The van der Waals surface area contributed by atoms with E-state index in [2.05, 4.69) is 15.2 Å². The van der Waals surface area contributed by atoms with Crippen LogP contribution < -0.4 is 16.0 Å². The number of fused-ring (bicyclic) bond motifs is 1. The minimum absolute atomic E-state index is 0.233. The van der Waals surface area contributed by atoms with Crippen LogP contribution in [-0.4, -0.2) is 15.2 Å². The summed E-state index contributed by atoms with van der Waals surface area (Å²) in [6.45, 7) is 2.58. The van der Waals surface area contributed by atoms with Crippen molar-refractivity contribution in [3.05, 3.63) is 87.1 Å². The maximum absolute atomic E-state index is 12.0. The largest absolute Gasteiger partial charge is 0.487 e. The molecule has 0 aliphatic heterocycles. The van der Waals surface area contributed by atoms with Gasteiger partial charge in [-0.25, -0.2) is 5.10 Å². The first kappa shape index (κ1) is 19.1. The Morgan fingerprint density at radius 3 is 2.72 bits per heavy atom. The number of nitrogens with one attached hydrogen (secondary N) is 1. The van der Waals surface area contributed by atoms with Crippen LogP contribution in [0.5, 0.6) is 5.75 Å². The SMILES string of the molecule is Cc1ccc(COc2cncc(-c3ccc4c(=O)[nH]nc(CN)c4c3)c2)cc1Cl. The number of rotatable bonds is 5. The number of hydrogen-bond acceptors (Lipinski definition) is 5. The summed E-state index contributed by atoms with van der Waals surface area (Å²) in [5.41, 5.74) is 9.94. The van der Waals surface area contributed by atoms with Crippen molar-refractivity contribution in [1.82, 2.24) is 15.2 Å². The summed E-state index contributed by atoms with van der Waals surface area (Å²) < 4.78 is 5.89. The highest BCUT2D eigenvalue weighted by atomic mass is 35.5. The van der Waals surface area contributed by atoms with Gasteiger partial charge in [0.05, 0.1) is 17.3 Å². The van der Waals surface area contributed by atoms with Crippen molar-refractivity contribution < 1.29 is 4.74 Å². The predicted octanol–water partition coefficient (Wildman–Crippen LogP) is 3.98. The number of hydrogen-bond donors (Lipinski definition) is 2. The van der Waals surface area contributed by atoms with Crippen molar-refractivity contribution in [3.8, 4) is 16.9 Å². The number of ether oxygens (including phenoxy) is 1. The van der Waals surface area contributed by atoms with Gasteiger partial charge in [0.2, 0.25) is 0 Å². The fourth-order valence-electron chi connectivity index (χ4n) is 3.10. The molecule has 0 spiro atoms. The van der Waals surface area contributed by atoms with E-state index in [1.807, 2.05) is 43.3 Å². The van der Waals surface area contributed by atoms with Crippen molar-refractivity contribution in [2.45, 2.75) is 20.1 Å². The maximum Gasteiger partial charge on any atom is 0.272 e. The van der Waals surface area contributed by atoms with E-state index in [4.69, 9.17) is 22.1 Å². The Morgan fingerprint density at radius 1 is 1.07 bits per heavy atom. The molecular weight excluding hydrogens is 388 g/mol. The van der Waals surface area contributed by atoms with Gasteiger partial charge >= 0.3 is 0 Å². The quantitative estimate of drug-likeness (QED) is 0.522. The first-order chi connectivity index (χ1) is 14.0. The first-order valence-electron chi connectivity index (χ1n) is 9.10. The minimum atomic E-state index is -0.240. The molecule has 0 fully saturated rings. The number of H-pyrrole nitrogens is 1. The zero-order valence-corrected chi connectivity index (χ0v) is 16.5. The van der Waals surface area contributed by atoms with Gasteiger partial charge in [-0.3, -0.25) is 9.78 Å². The van der Waals surface area contributed by atoms with Gasteiger partial charge in [0.1, 0.15) is 12.4 Å². The second-order valence-electron chi connectivity index (χ2n) is 6.75. The molecule has 7 heteroatoms. The third kappa shape index (κ3) is 3.99. The van der Waals surface area contributed by atoms with E-state index in [1.165, 1.54) is 0 Å². The van der Waals surface area contributed by atoms with E-state index in [0.29, 0.717) is 28.5 Å². The van der Waals surface area contributed by atoms with Crippen LogP contribution in [0.15, 0.2) is 59.7 Å². The number of nitrogens with zero attached hydrogens (tertiary/aromatic N) is 2. The highest BCUT2D eigenvalue weighted by Crippen LogP contribution is 2.27. The molecule has 0 amide bonds. The Morgan fingerprint density at radius 2 is 1.93 bits per heavy atom. The predicted molar refractivity (Wildman–Crippen MR) is 114 cm³/mol. The monoisotopic (exact) mass is 406 g/mol. The molecular formula is C22H19ClN4O2. The number of pyridine rings is 1. The average molecular weight is 407 g/mol. The first-order valence-corrected chi connectivity index (χ1v) is 9.47. The van der Waals surface area contributed by atoms with Crippen molar-refractivity contribution in [1.29, 1.82) is 0 Å². The molecule has 29 heavy (non-hydrogen) atoms. The Bertz CT molecular complexity index is 1250. The van der Waals surface area contributed by atoms with Crippen LogP contribution in [0.1, 0.15) is 16.8 Å². The summed E-state index contributed by atoms with van der Waals surface area (Å²) >= 11 is 6.18. The van der Waals surface area contributed by atoms with Crippen molar-refractivity contribution >= 4 is 22.4 Å². The topological polar surface area (TPSA) is 93.9 Å². The zero-order valence-electron chi connectivity index (χ0n) is 15.8. The van der Waals surface area contributed by atoms with Gasteiger partial charge < -0.3 is 10.5 Å². The molecule has 2 aromatic carbocycles. The van der Waals surface area contributed by atoms with E-state index < -0.39 is 0 Å². The Labute approximate surface area is 172 Å². The van der Waals surface area contributed by atoms with Gasteiger partial charge in [-0.2, -0.15) is 5.10 Å². The Hall–Kier alpha value is -3.22. The van der Waals surface area contributed by atoms with E-state index in [0.717, 1.165) is 27.6 Å². The summed E-state index contributed by atoms with van der Waals surface area (Å²) in [6.07, 6.45) is 3.41. The smallest absolute Gasteiger partial charge is 0.272 e. The maximum atomic E-state index is 12.0. The Kier molecular flexibility index (Phi) is 5.29. The molecule has 0 radical (unpaired) electrons. The molecule has 146 valence electrons. The molecule has 6 nitrogen and oxygen atoms in total. The second kappa shape index (κ2) is 8.03. The lowest BCUT2D eigenvalue weighted by Crippen LogP contribution is -2.13. The summed E-state index contributed by atoms with van der Waals surface area (Å²) in [6, 6.07) is 13.3. The highest BCUT2D eigenvalue weighted by Gasteiger charge is 2.09. The van der Waals surface area contributed by atoms with E-state index in [9.17, 15) is 4.79 Å². The lowest BCUT2D eigenvalue weighted by Gasteiger charge is -2.10. The molecule has 2 aromatic heterocycles. The zero-order chi connectivity index (χ0) is 20.4. The lowest BCUT2D eigenvalue weighted by atomic mass is 10.0. The van der Waals surface area contributed by atoms with Gasteiger partial charge in [0, 0.05) is 28.7 Å². The third-order valence-electron chi connectivity index (χ3n) is 4.75. The molecule has 0 aliphatic carbocycles. The average Bonchev–Trinajstić information content (AvgIpc) is 2.75. The van der Waals surface area contributed by atoms with Crippen LogP contribution in [0.2, 0.25) is 5.02 Å². The number of aryl methyl sites for hydroxylation is 1. The van der Waals surface area contributed by atoms with Gasteiger partial charge in [-0.15, -0.1) is 0 Å². The van der Waals surface area contributed by atoms with E-state index in [-0.39, 0.29) is 12.1 Å².